The number of aliphatic hydroxyl groups excluding tert-OH is 1. The van der Waals surface area contributed by atoms with E-state index in [9.17, 15) is 9.59 Å². The van der Waals surface area contributed by atoms with Gasteiger partial charge in [0.1, 0.15) is 6.04 Å². The average Bonchev–Trinajstić information content (AvgIpc) is 2.33. The molecule has 0 aromatic rings. The van der Waals surface area contributed by atoms with Crippen molar-refractivity contribution >= 4 is 12.0 Å². The van der Waals surface area contributed by atoms with Crippen molar-refractivity contribution in [2.45, 2.75) is 39.2 Å². The molecule has 0 saturated heterocycles. The van der Waals surface area contributed by atoms with Crippen molar-refractivity contribution in [3.63, 3.8) is 0 Å². The molecule has 0 saturated carbocycles. The Morgan fingerprint density at radius 3 is 2.22 bits per heavy atom. The third-order valence-corrected chi connectivity index (χ3v) is 2.86. The second-order valence-electron chi connectivity index (χ2n) is 4.22. The predicted octanol–water partition coefficient (Wildman–Crippen LogP) is 0.996. The maximum Gasteiger partial charge on any atom is 0.326 e. The van der Waals surface area contributed by atoms with Crippen LogP contribution in [0.15, 0.2) is 0 Å². The maximum absolute atomic E-state index is 12.1. The molecule has 6 heteroatoms. The first kappa shape index (κ1) is 16.7. The van der Waals surface area contributed by atoms with Crippen LogP contribution >= 0.6 is 0 Å². The molecule has 0 radical (unpaired) electrons. The lowest BCUT2D eigenvalue weighted by Crippen LogP contribution is -2.49. The Labute approximate surface area is 108 Å². The molecule has 0 rings (SSSR count). The van der Waals surface area contributed by atoms with Crippen LogP contribution in [0.5, 0.6) is 0 Å². The summed E-state index contributed by atoms with van der Waals surface area (Å²) in [5.74, 6) is -1.01. The van der Waals surface area contributed by atoms with Gasteiger partial charge in [0.05, 0.1) is 6.61 Å². The molecule has 0 aliphatic carbocycles. The SMILES string of the molecule is CCCCN(CCO)C(=O)N(C)C(CC)C(=O)O. The summed E-state index contributed by atoms with van der Waals surface area (Å²) in [5.41, 5.74) is 0. The van der Waals surface area contributed by atoms with E-state index in [0.29, 0.717) is 13.0 Å². The van der Waals surface area contributed by atoms with E-state index in [2.05, 4.69) is 0 Å². The minimum atomic E-state index is -1.01. The zero-order valence-corrected chi connectivity index (χ0v) is 11.4. The highest BCUT2D eigenvalue weighted by Gasteiger charge is 2.27. The van der Waals surface area contributed by atoms with E-state index in [4.69, 9.17) is 10.2 Å². The molecular weight excluding hydrogens is 236 g/mol. The summed E-state index contributed by atoms with van der Waals surface area (Å²) < 4.78 is 0. The Morgan fingerprint density at radius 2 is 1.83 bits per heavy atom. The highest BCUT2D eigenvalue weighted by atomic mass is 16.4. The molecular formula is C12H24N2O4. The van der Waals surface area contributed by atoms with Crippen molar-refractivity contribution in [1.29, 1.82) is 0 Å². The predicted molar refractivity (Wildman–Crippen MR) is 68.4 cm³/mol. The number of aliphatic carboxylic acids is 1. The normalized spacial score (nSPS) is 12.0. The first-order chi connectivity index (χ1) is 8.49. The average molecular weight is 260 g/mol. The molecule has 0 aliphatic rings. The Bertz CT molecular complexity index is 271. The fourth-order valence-electron chi connectivity index (χ4n) is 1.74. The van der Waals surface area contributed by atoms with E-state index < -0.39 is 12.0 Å². The molecule has 106 valence electrons. The Hall–Kier alpha value is -1.30. The largest absolute Gasteiger partial charge is 0.480 e. The zero-order valence-electron chi connectivity index (χ0n) is 11.4. The Balaban J connectivity index is 4.67. The highest BCUT2D eigenvalue weighted by molar-refractivity contribution is 5.82. The molecule has 0 aromatic carbocycles. The number of rotatable bonds is 8. The van der Waals surface area contributed by atoms with E-state index >= 15 is 0 Å². The van der Waals surface area contributed by atoms with Gasteiger partial charge in [-0.3, -0.25) is 0 Å². The summed E-state index contributed by atoms with van der Waals surface area (Å²) in [5, 5.41) is 18.0. The number of carbonyl (C=O) groups excluding carboxylic acids is 1. The van der Waals surface area contributed by atoms with Crippen molar-refractivity contribution in [2.24, 2.45) is 0 Å². The first-order valence-corrected chi connectivity index (χ1v) is 6.34. The lowest BCUT2D eigenvalue weighted by atomic mass is 10.2. The van der Waals surface area contributed by atoms with E-state index in [0.717, 1.165) is 12.8 Å². The van der Waals surface area contributed by atoms with Gasteiger partial charge < -0.3 is 20.0 Å². The number of nitrogens with zero attached hydrogens (tertiary/aromatic N) is 2. The second-order valence-corrected chi connectivity index (χ2v) is 4.22. The van der Waals surface area contributed by atoms with Crippen LogP contribution in [-0.4, -0.2) is 64.8 Å². The van der Waals surface area contributed by atoms with Gasteiger partial charge in [-0.25, -0.2) is 9.59 Å². The summed E-state index contributed by atoms with van der Waals surface area (Å²) >= 11 is 0. The van der Waals surface area contributed by atoms with Crippen LogP contribution < -0.4 is 0 Å². The van der Waals surface area contributed by atoms with Crippen LogP contribution in [0.2, 0.25) is 0 Å². The number of amides is 2. The van der Waals surface area contributed by atoms with Gasteiger partial charge in [-0.15, -0.1) is 0 Å². The molecule has 1 atom stereocenters. The molecule has 0 fully saturated rings. The monoisotopic (exact) mass is 260 g/mol. The summed E-state index contributed by atoms with van der Waals surface area (Å²) in [4.78, 5) is 25.9. The highest BCUT2D eigenvalue weighted by Crippen LogP contribution is 2.07. The minimum Gasteiger partial charge on any atom is -0.480 e. The Morgan fingerprint density at radius 1 is 1.22 bits per heavy atom. The van der Waals surface area contributed by atoms with E-state index in [1.807, 2.05) is 6.92 Å². The van der Waals surface area contributed by atoms with Crippen molar-refractivity contribution in [3.05, 3.63) is 0 Å². The number of carboxylic acids is 1. The van der Waals surface area contributed by atoms with Crippen LogP contribution in [0.3, 0.4) is 0 Å². The summed E-state index contributed by atoms with van der Waals surface area (Å²) in [6.45, 7) is 4.39. The fourth-order valence-corrected chi connectivity index (χ4v) is 1.74. The van der Waals surface area contributed by atoms with E-state index in [-0.39, 0.29) is 19.2 Å². The third kappa shape index (κ3) is 4.91. The number of aliphatic hydroxyl groups is 1. The summed E-state index contributed by atoms with van der Waals surface area (Å²) in [6.07, 6.45) is 2.14. The summed E-state index contributed by atoms with van der Waals surface area (Å²) in [7, 11) is 1.49. The van der Waals surface area contributed by atoms with Crippen LogP contribution in [0, 0.1) is 0 Å². The molecule has 0 heterocycles. The van der Waals surface area contributed by atoms with Gasteiger partial charge in [-0.05, 0) is 12.8 Å². The molecule has 0 aliphatic heterocycles. The molecule has 18 heavy (non-hydrogen) atoms. The number of likely N-dealkylation sites (N-methyl/N-ethyl adjacent to an activating group) is 1. The molecule has 0 spiro atoms. The third-order valence-electron chi connectivity index (χ3n) is 2.86. The van der Waals surface area contributed by atoms with E-state index in [1.54, 1.807) is 6.92 Å². The standard InChI is InChI=1S/C12H24N2O4/c1-4-6-7-14(8-9-15)12(18)13(3)10(5-2)11(16)17/h10,15H,4-9H2,1-3H3,(H,16,17). The van der Waals surface area contributed by atoms with Gasteiger partial charge >= 0.3 is 12.0 Å². The number of carboxylic acid groups (broad SMARTS) is 1. The number of carbonyl (C=O) groups is 2. The molecule has 2 amide bonds. The fraction of sp³-hybridized carbons (Fsp3) is 0.833. The number of hydrogen-bond donors (Lipinski definition) is 2. The van der Waals surface area contributed by atoms with Crippen LogP contribution in [-0.2, 0) is 4.79 Å². The molecule has 0 bridgehead atoms. The quantitative estimate of drug-likeness (QED) is 0.682. The number of unbranched alkanes of at least 4 members (excludes halogenated alkanes) is 1. The maximum atomic E-state index is 12.1. The molecule has 6 nitrogen and oxygen atoms in total. The lowest BCUT2D eigenvalue weighted by molar-refractivity contribution is -0.142. The second kappa shape index (κ2) is 8.74. The number of urea groups is 1. The van der Waals surface area contributed by atoms with Crippen molar-refractivity contribution < 1.29 is 19.8 Å². The summed E-state index contributed by atoms with van der Waals surface area (Å²) in [6, 6.07) is -1.16. The molecule has 2 N–H and O–H groups in total. The minimum absolute atomic E-state index is 0.118. The van der Waals surface area contributed by atoms with Gasteiger partial charge in [-0.2, -0.15) is 0 Å². The van der Waals surface area contributed by atoms with Crippen LogP contribution in [0.1, 0.15) is 33.1 Å². The van der Waals surface area contributed by atoms with Crippen molar-refractivity contribution in [2.75, 3.05) is 26.7 Å². The van der Waals surface area contributed by atoms with Crippen molar-refractivity contribution in [1.82, 2.24) is 9.80 Å². The van der Waals surface area contributed by atoms with Gasteiger partial charge in [-0.1, -0.05) is 20.3 Å². The molecule has 1 unspecified atom stereocenters. The van der Waals surface area contributed by atoms with Crippen LogP contribution in [0.25, 0.3) is 0 Å². The lowest BCUT2D eigenvalue weighted by Gasteiger charge is -2.31. The van der Waals surface area contributed by atoms with Crippen molar-refractivity contribution in [3.8, 4) is 0 Å². The zero-order chi connectivity index (χ0) is 14.1. The van der Waals surface area contributed by atoms with Gasteiger partial charge in [0.15, 0.2) is 0 Å². The Kier molecular flexibility index (Phi) is 8.11. The van der Waals surface area contributed by atoms with Gasteiger partial charge in [0.25, 0.3) is 0 Å². The van der Waals surface area contributed by atoms with Crippen LogP contribution in [0.4, 0.5) is 4.79 Å². The number of hydrogen-bond acceptors (Lipinski definition) is 3. The van der Waals surface area contributed by atoms with E-state index in [1.165, 1.54) is 16.8 Å². The smallest absolute Gasteiger partial charge is 0.326 e. The van der Waals surface area contributed by atoms with Gasteiger partial charge in [0, 0.05) is 20.1 Å². The topological polar surface area (TPSA) is 81.1 Å². The first-order valence-electron chi connectivity index (χ1n) is 6.34. The molecule has 0 aromatic heterocycles. The van der Waals surface area contributed by atoms with Gasteiger partial charge in [0.2, 0.25) is 0 Å².